The molecule has 1 aliphatic heterocycles. The van der Waals surface area contributed by atoms with E-state index in [1.54, 1.807) is 30.1 Å². The topological polar surface area (TPSA) is 49.4 Å². The number of carbonyl (C=O) groups excluding carboxylic acids is 2. The Kier molecular flexibility index (Phi) is 4.54. The van der Waals surface area contributed by atoms with E-state index in [9.17, 15) is 9.59 Å². The van der Waals surface area contributed by atoms with Crippen LogP contribution in [0.5, 0.6) is 0 Å². The minimum atomic E-state index is -0.764. The van der Waals surface area contributed by atoms with Crippen molar-refractivity contribution in [2.24, 2.45) is 0 Å². The van der Waals surface area contributed by atoms with Gasteiger partial charge in [0.1, 0.15) is 11.6 Å². The second kappa shape index (κ2) is 5.85. The molecule has 2 atom stereocenters. The normalized spacial score (nSPS) is 26.8. The van der Waals surface area contributed by atoms with E-state index in [2.05, 4.69) is 21.2 Å². The number of halogens is 1. The third kappa shape index (κ3) is 2.91. The second-order valence-electron chi connectivity index (χ2n) is 5.31. The van der Waals surface area contributed by atoms with Crippen LogP contribution in [0.4, 0.5) is 0 Å². The van der Waals surface area contributed by atoms with Gasteiger partial charge in [-0.3, -0.25) is 9.59 Å². The Labute approximate surface area is 131 Å². The maximum Gasteiger partial charge on any atom is 0.248 e. The van der Waals surface area contributed by atoms with Gasteiger partial charge < -0.3 is 10.2 Å². The Morgan fingerprint density at radius 1 is 1.45 bits per heavy atom. The van der Waals surface area contributed by atoms with Gasteiger partial charge in [-0.15, -0.1) is 11.3 Å². The zero-order chi connectivity index (χ0) is 14.9. The minimum absolute atomic E-state index is 0.0164. The van der Waals surface area contributed by atoms with Gasteiger partial charge in [0.2, 0.25) is 11.8 Å². The van der Waals surface area contributed by atoms with Gasteiger partial charge >= 0.3 is 0 Å². The molecule has 1 aliphatic rings. The third-order valence-corrected chi connectivity index (χ3v) is 5.60. The molecule has 110 valence electrons. The molecular weight excluding hydrogens is 340 g/mol. The molecule has 1 aromatic rings. The molecule has 1 fully saturated rings. The summed E-state index contributed by atoms with van der Waals surface area (Å²) in [5, 5.41) is 2.84. The smallest absolute Gasteiger partial charge is 0.248 e. The molecule has 20 heavy (non-hydrogen) atoms. The van der Waals surface area contributed by atoms with Crippen molar-refractivity contribution in [3.05, 3.63) is 20.8 Å². The second-order valence-corrected chi connectivity index (χ2v) is 7.85. The lowest BCUT2D eigenvalue weighted by molar-refractivity contribution is -0.153. The van der Waals surface area contributed by atoms with Crippen molar-refractivity contribution in [1.29, 1.82) is 0 Å². The fourth-order valence-electron chi connectivity index (χ4n) is 2.32. The molecule has 4 nitrogen and oxygen atoms in total. The number of nitrogens with one attached hydrogen (secondary N) is 1. The summed E-state index contributed by atoms with van der Waals surface area (Å²) in [5.74, 6) is -0.0518. The summed E-state index contributed by atoms with van der Waals surface area (Å²) in [6.45, 7) is 6.08. The zero-order valence-electron chi connectivity index (χ0n) is 11.9. The van der Waals surface area contributed by atoms with Crippen LogP contribution in [0.15, 0.2) is 15.9 Å². The van der Waals surface area contributed by atoms with Crippen LogP contribution >= 0.6 is 27.3 Å². The lowest BCUT2D eigenvalue weighted by atomic mass is 9.92. The predicted octanol–water partition coefficient (Wildman–Crippen LogP) is 2.57. The highest BCUT2D eigenvalue weighted by molar-refractivity contribution is 9.11. The Balaban J connectivity index is 2.11. The van der Waals surface area contributed by atoms with Crippen LogP contribution in [-0.2, 0) is 16.0 Å². The number of hydrogen-bond donors (Lipinski definition) is 1. The molecule has 0 saturated carbocycles. The van der Waals surface area contributed by atoms with Crippen LogP contribution in [0.1, 0.15) is 32.1 Å². The molecule has 2 heterocycles. The summed E-state index contributed by atoms with van der Waals surface area (Å²) in [7, 11) is 0. The fraction of sp³-hybridized carbons (Fsp3) is 0.571. The first-order valence-corrected chi connectivity index (χ1v) is 8.35. The van der Waals surface area contributed by atoms with Gasteiger partial charge in [-0.1, -0.05) is 6.92 Å². The van der Waals surface area contributed by atoms with Crippen LogP contribution in [-0.4, -0.2) is 34.8 Å². The molecule has 2 rings (SSSR count). The maximum absolute atomic E-state index is 12.6. The number of amides is 2. The van der Waals surface area contributed by atoms with Gasteiger partial charge in [0.15, 0.2) is 0 Å². The Bertz CT molecular complexity index is 531. The Hall–Kier alpha value is -0.880. The average Bonchev–Trinajstić information content (AvgIpc) is 2.82. The number of rotatable bonds is 4. The molecule has 1 saturated heterocycles. The van der Waals surface area contributed by atoms with Gasteiger partial charge in [-0.05, 0) is 54.8 Å². The molecule has 1 N–H and O–H groups in total. The standard InChI is InChI=1S/C14H19BrN2O2S/c1-4-14(3)13(19)17(9(2)12(18)16-14)8-7-10-5-6-11(15)20-10/h5-6,9H,4,7-8H2,1-3H3,(H,16,18). The van der Waals surface area contributed by atoms with Crippen molar-refractivity contribution in [3.63, 3.8) is 0 Å². The molecule has 2 amide bonds. The summed E-state index contributed by atoms with van der Waals surface area (Å²) in [5.41, 5.74) is -0.764. The molecule has 0 aromatic carbocycles. The Morgan fingerprint density at radius 2 is 2.15 bits per heavy atom. The molecule has 0 bridgehead atoms. The average molecular weight is 359 g/mol. The van der Waals surface area contributed by atoms with E-state index in [1.165, 1.54) is 4.88 Å². The zero-order valence-corrected chi connectivity index (χ0v) is 14.3. The largest absolute Gasteiger partial charge is 0.340 e. The van der Waals surface area contributed by atoms with Crippen LogP contribution in [0.2, 0.25) is 0 Å². The molecule has 0 spiro atoms. The minimum Gasteiger partial charge on any atom is -0.340 e. The van der Waals surface area contributed by atoms with E-state index in [4.69, 9.17) is 0 Å². The van der Waals surface area contributed by atoms with Crippen molar-refractivity contribution in [2.45, 2.75) is 45.2 Å². The number of nitrogens with zero attached hydrogens (tertiary/aromatic N) is 1. The van der Waals surface area contributed by atoms with Crippen molar-refractivity contribution >= 4 is 39.1 Å². The van der Waals surface area contributed by atoms with Crippen molar-refractivity contribution in [2.75, 3.05) is 6.54 Å². The van der Waals surface area contributed by atoms with Crippen molar-refractivity contribution in [3.8, 4) is 0 Å². The van der Waals surface area contributed by atoms with E-state index >= 15 is 0 Å². The van der Waals surface area contributed by atoms with Gasteiger partial charge in [0, 0.05) is 11.4 Å². The molecular formula is C14H19BrN2O2S. The number of carbonyl (C=O) groups is 2. The summed E-state index contributed by atoms with van der Waals surface area (Å²) in [4.78, 5) is 27.5. The molecule has 1 aromatic heterocycles. The Morgan fingerprint density at radius 3 is 2.70 bits per heavy atom. The molecule has 2 unspecified atom stereocenters. The monoisotopic (exact) mass is 358 g/mol. The first kappa shape index (κ1) is 15.5. The van der Waals surface area contributed by atoms with E-state index in [0.29, 0.717) is 13.0 Å². The summed E-state index contributed by atoms with van der Waals surface area (Å²) < 4.78 is 1.08. The number of hydrogen-bond acceptors (Lipinski definition) is 3. The van der Waals surface area contributed by atoms with E-state index < -0.39 is 11.6 Å². The first-order valence-electron chi connectivity index (χ1n) is 6.74. The van der Waals surface area contributed by atoms with E-state index in [0.717, 1.165) is 10.2 Å². The van der Waals surface area contributed by atoms with Gasteiger partial charge in [0.25, 0.3) is 0 Å². The van der Waals surface area contributed by atoms with Crippen LogP contribution in [0.25, 0.3) is 0 Å². The highest BCUT2D eigenvalue weighted by Gasteiger charge is 2.44. The van der Waals surface area contributed by atoms with E-state index in [-0.39, 0.29) is 11.8 Å². The maximum atomic E-state index is 12.6. The molecule has 6 heteroatoms. The lowest BCUT2D eigenvalue weighted by Gasteiger charge is -2.43. The highest BCUT2D eigenvalue weighted by atomic mass is 79.9. The summed E-state index contributed by atoms with van der Waals surface area (Å²) >= 11 is 5.10. The first-order chi connectivity index (χ1) is 9.37. The number of piperazine rings is 1. The molecule has 0 aliphatic carbocycles. The predicted molar refractivity (Wildman–Crippen MR) is 83.7 cm³/mol. The van der Waals surface area contributed by atoms with Gasteiger partial charge in [-0.2, -0.15) is 0 Å². The van der Waals surface area contributed by atoms with Crippen LogP contribution in [0.3, 0.4) is 0 Å². The summed E-state index contributed by atoms with van der Waals surface area (Å²) in [6, 6.07) is 3.66. The highest BCUT2D eigenvalue weighted by Crippen LogP contribution is 2.25. The SMILES string of the molecule is CCC1(C)NC(=O)C(C)N(CCc2ccc(Br)s2)C1=O. The van der Waals surface area contributed by atoms with Crippen molar-refractivity contribution < 1.29 is 9.59 Å². The summed E-state index contributed by atoms with van der Waals surface area (Å²) in [6.07, 6.45) is 1.38. The fourth-order valence-corrected chi connectivity index (χ4v) is 3.79. The van der Waals surface area contributed by atoms with E-state index in [1.807, 2.05) is 19.1 Å². The number of thiophene rings is 1. The molecule has 0 radical (unpaired) electrons. The van der Waals surface area contributed by atoms with Crippen LogP contribution < -0.4 is 5.32 Å². The van der Waals surface area contributed by atoms with Crippen molar-refractivity contribution in [1.82, 2.24) is 10.2 Å². The quantitative estimate of drug-likeness (QED) is 0.898. The lowest BCUT2D eigenvalue weighted by Crippen LogP contribution is -2.68. The van der Waals surface area contributed by atoms with Crippen LogP contribution in [0, 0.1) is 0 Å². The van der Waals surface area contributed by atoms with Gasteiger partial charge in [-0.25, -0.2) is 0 Å². The third-order valence-electron chi connectivity index (χ3n) is 3.91. The van der Waals surface area contributed by atoms with Gasteiger partial charge in [0.05, 0.1) is 3.79 Å².